The third-order valence-corrected chi connectivity index (χ3v) is 5.94. The lowest BCUT2D eigenvalue weighted by Crippen LogP contribution is -2.22. The minimum Gasteiger partial charge on any atom is -0.497 e. The van der Waals surface area contributed by atoms with Crippen LogP contribution < -0.4 is 10.1 Å². The van der Waals surface area contributed by atoms with Crippen molar-refractivity contribution in [3.8, 4) is 17.1 Å². The molecule has 0 saturated carbocycles. The normalized spacial score (nSPS) is 15.9. The molecule has 0 radical (unpaired) electrons. The third kappa shape index (κ3) is 5.08. The van der Waals surface area contributed by atoms with Gasteiger partial charge in [-0.15, -0.1) is 0 Å². The summed E-state index contributed by atoms with van der Waals surface area (Å²) in [6.45, 7) is 1.38. The lowest BCUT2D eigenvalue weighted by molar-refractivity contribution is 0.102. The van der Waals surface area contributed by atoms with Gasteiger partial charge in [0.05, 0.1) is 19.7 Å². The minimum absolute atomic E-state index is 0.00468. The molecular weight excluding hydrogens is 450 g/mol. The first-order chi connectivity index (χ1) is 17.1. The standard InChI is InChI=1S/C25H25N5O5/c1-33-18-7-4-16(5-8-18)24(32)27-22-11-6-17(13-26-22)23-28-25(35-29-23)21-3-2-12-30(21)14-19-9-10-20(15-31)34-19/h4-11,13,21,31H,2-3,12,14-15H2,1H3,(H,26,27,32)/t21-/m0/s1. The molecule has 0 spiro atoms. The molecule has 1 atom stereocenters. The van der Waals surface area contributed by atoms with E-state index < -0.39 is 0 Å². The van der Waals surface area contributed by atoms with Crippen LogP contribution in [0.5, 0.6) is 5.75 Å². The van der Waals surface area contributed by atoms with E-state index in [1.807, 2.05) is 6.07 Å². The number of methoxy groups -OCH3 is 1. The molecule has 4 aromatic rings. The van der Waals surface area contributed by atoms with Crippen LogP contribution in [0.25, 0.3) is 11.4 Å². The fourth-order valence-corrected chi connectivity index (χ4v) is 4.11. The summed E-state index contributed by atoms with van der Waals surface area (Å²) in [5.74, 6) is 3.15. The number of carbonyl (C=O) groups excluding carboxylic acids is 1. The highest BCUT2D eigenvalue weighted by Crippen LogP contribution is 2.33. The number of ether oxygens (including phenoxy) is 1. The molecule has 180 valence electrons. The van der Waals surface area contributed by atoms with Crippen molar-refractivity contribution in [2.45, 2.75) is 32.0 Å². The lowest BCUT2D eigenvalue weighted by atomic mass is 10.2. The van der Waals surface area contributed by atoms with E-state index in [1.54, 1.807) is 55.8 Å². The monoisotopic (exact) mass is 475 g/mol. The van der Waals surface area contributed by atoms with Crippen molar-refractivity contribution in [2.24, 2.45) is 0 Å². The number of aliphatic hydroxyl groups is 1. The van der Waals surface area contributed by atoms with Gasteiger partial charge in [0.25, 0.3) is 5.91 Å². The van der Waals surface area contributed by atoms with Crippen molar-refractivity contribution in [1.29, 1.82) is 0 Å². The molecule has 35 heavy (non-hydrogen) atoms. The summed E-state index contributed by atoms with van der Waals surface area (Å²) in [6, 6.07) is 14.0. The molecule has 0 unspecified atom stereocenters. The van der Waals surface area contributed by atoms with Gasteiger partial charge in [-0.05, 0) is 67.9 Å². The van der Waals surface area contributed by atoms with Crippen molar-refractivity contribution in [2.75, 3.05) is 19.0 Å². The number of pyridine rings is 1. The Morgan fingerprint density at radius 1 is 1.17 bits per heavy atom. The number of nitrogens with one attached hydrogen (secondary N) is 1. The topological polar surface area (TPSA) is 127 Å². The van der Waals surface area contributed by atoms with Crippen LogP contribution in [-0.4, -0.2) is 44.7 Å². The maximum atomic E-state index is 12.4. The molecule has 4 heterocycles. The maximum Gasteiger partial charge on any atom is 0.256 e. The number of hydrogen-bond acceptors (Lipinski definition) is 9. The number of benzene rings is 1. The van der Waals surface area contributed by atoms with Crippen LogP contribution in [0.15, 0.2) is 63.7 Å². The van der Waals surface area contributed by atoms with Crippen LogP contribution in [0.3, 0.4) is 0 Å². The average Bonchev–Trinajstić information content (AvgIpc) is 3.66. The first-order valence-electron chi connectivity index (χ1n) is 11.3. The van der Waals surface area contributed by atoms with Crippen LogP contribution in [0, 0.1) is 0 Å². The number of aliphatic hydroxyl groups excluding tert-OH is 1. The van der Waals surface area contributed by atoms with Gasteiger partial charge in [-0.3, -0.25) is 9.69 Å². The molecule has 3 aromatic heterocycles. The summed E-state index contributed by atoms with van der Waals surface area (Å²) in [6.07, 6.45) is 3.52. The molecular formula is C25H25N5O5. The van der Waals surface area contributed by atoms with Gasteiger partial charge < -0.3 is 24.1 Å². The summed E-state index contributed by atoms with van der Waals surface area (Å²) in [5, 5.41) is 16.1. The van der Waals surface area contributed by atoms with E-state index in [1.165, 1.54) is 0 Å². The molecule has 1 aliphatic rings. The fourth-order valence-electron chi connectivity index (χ4n) is 4.11. The van der Waals surface area contributed by atoms with Gasteiger partial charge >= 0.3 is 0 Å². The first-order valence-corrected chi connectivity index (χ1v) is 11.3. The van der Waals surface area contributed by atoms with Crippen molar-refractivity contribution in [3.05, 3.63) is 77.7 Å². The second-order valence-corrected chi connectivity index (χ2v) is 8.23. The molecule has 1 aromatic carbocycles. The van der Waals surface area contributed by atoms with E-state index >= 15 is 0 Å². The van der Waals surface area contributed by atoms with E-state index in [4.69, 9.17) is 13.7 Å². The minimum atomic E-state index is -0.265. The van der Waals surface area contributed by atoms with Gasteiger partial charge in [0, 0.05) is 17.3 Å². The lowest BCUT2D eigenvalue weighted by Gasteiger charge is -2.19. The highest BCUT2D eigenvalue weighted by molar-refractivity contribution is 6.03. The number of anilines is 1. The van der Waals surface area contributed by atoms with Crippen molar-refractivity contribution in [1.82, 2.24) is 20.0 Å². The van der Waals surface area contributed by atoms with Crippen LogP contribution in [-0.2, 0) is 13.2 Å². The molecule has 1 amide bonds. The zero-order valence-electron chi connectivity index (χ0n) is 19.2. The Bertz CT molecular complexity index is 1280. The molecule has 10 nitrogen and oxygen atoms in total. The van der Waals surface area contributed by atoms with Crippen molar-refractivity contribution >= 4 is 11.7 Å². The predicted octanol–water partition coefficient (Wildman–Crippen LogP) is 3.81. The number of hydrogen-bond donors (Lipinski definition) is 2. The van der Waals surface area contributed by atoms with Gasteiger partial charge in [0.15, 0.2) is 0 Å². The van der Waals surface area contributed by atoms with Crippen LogP contribution in [0.4, 0.5) is 5.82 Å². The highest BCUT2D eigenvalue weighted by atomic mass is 16.5. The molecule has 5 rings (SSSR count). The van der Waals surface area contributed by atoms with Gasteiger partial charge in [-0.25, -0.2) is 4.98 Å². The zero-order valence-corrected chi connectivity index (χ0v) is 19.2. The molecule has 1 fully saturated rings. The molecule has 1 aliphatic heterocycles. The molecule has 0 aliphatic carbocycles. The maximum absolute atomic E-state index is 12.4. The fraction of sp³-hybridized carbons (Fsp3) is 0.280. The number of furan rings is 1. The number of carbonyl (C=O) groups is 1. The second-order valence-electron chi connectivity index (χ2n) is 8.23. The molecule has 10 heteroatoms. The van der Waals surface area contributed by atoms with Gasteiger partial charge in [0.2, 0.25) is 11.7 Å². The van der Waals surface area contributed by atoms with Gasteiger partial charge in [-0.1, -0.05) is 5.16 Å². The summed E-state index contributed by atoms with van der Waals surface area (Å²) < 4.78 is 16.3. The highest BCUT2D eigenvalue weighted by Gasteiger charge is 2.31. The van der Waals surface area contributed by atoms with E-state index in [9.17, 15) is 9.90 Å². The van der Waals surface area contributed by atoms with E-state index in [-0.39, 0.29) is 18.6 Å². The van der Waals surface area contributed by atoms with E-state index in [0.29, 0.717) is 46.7 Å². The average molecular weight is 476 g/mol. The number of nitrogens with zero attached hydrogens (tertiary/aromatic N) is 4. The molecule has 0 bridgehead atoms. The van der Waals surface area contributed by atoms with Crippen molar-refractivity contribution < 1.29 is 23.6 Å². The Hall–Kier alpha value is -4.02. The SMILES string of the molecule is COc1ccc(C(=O)Nc2ccc(-c3noc([C@@H]4CCCN4Cc4ccc(CO)o4)n3)cn2)cc1. The third-order valence-electron chi connectivity index (χ3n) is 5.94. The number of likely N-dealkylation sites (tertiary alicyclic amines) is 1. The van der Waals surface area contributed by atoms with Gasteiger partial charge in [0.1, 0.15) is 29.7 Å². The molecule has 1 saturated heterocycles. The number of rotatable bonds is 8. The Balaban J connectivity index is 1.23. The Kier molecular flexibility index (Phi) is 6.55. The Labute approximate surface area is 201 Å². The van der Waals surface area contributed by atoms with E-state index in [0.717, 1.165) is 25.1 Å². The summed E-state index contributed by atoms with van der Waals surface area (Å²) >= 11 is 0. The van der Waals surface area contributed by atoms with Crippen LogP contribution >= 0.6 is 0 Å². The zero-order chi connectivity index (χ0) is 24.2. The Morgan fingerprint density at radius 3 is 2.71 bits per heavy atom. The van der Waals surface area contributed by atoms with Crippen molar-refractivity contribution in [3.63, 3.8) is 0 Å². The molecule has 2 N–H and O–H groups in total. The van der Waals surface area contributed by atoms with Crippen LogP contribution in [0.1, 0.15) is 46.7 Å². The number of aromatic nitrogens is 3. The first kappa shape index (κ1) is 22.8. The number of amides is 1. The summed E-state index contributed by atoms with van der Waals surface area (Å²) in [4.78, 5) is 23.6. The van der Waals surface area contributed by atoms with E-state index in [2.05, 4.69) is 25.3 Å². The Morgan fingerprint density at radius 2 is 2.00 bits per heavy atom. The summed E-state index contributed by atoms with van der Waals surface area (Å²) in [7, 11) is 1.58. The second kappa shape index (κ2) is 10.1. The smallest absolute Gasteiger partial charge is 0.256 e. The van der Waals surface area contributed by atoms with Crippen LogP contribution in [0.2, 0.25) is 0 Å². The largest absolute Gasteiger partial charge is 0.497 e. The van der Waals surface area contributed by atoms with Gasteiger partial charge in [-0.2, -0.15) is 4.98 Å². The predicted molar refractivity (Wildman–Crippen MR) is 125 cm³/mol. The quantitative estimate of drug-likeness (QED) is 0.391. The summed E-state index contributed by atoms with van der Waals surface area (Å²) in [5.41, 5.74) is 1.19.